The molecule has 6 aromatic rings. The number of hydrogen-bond acceptors (Lipinski definition) is 11. The Morgan fingerprint density at radius 3 is 1.51 bits per heavy atom. The first-order chi connectivity index (χ1) is 30.1. The number of nitrogens with zero attached hydrogens (tertiary/aromatic N) is 2. The highest BCUT2D eigenvalue weighted by Gasteiger charge is 2.24. The zero-order chi connectivity index (χ0) is 45.4. The Morgan fingerprint density at radius 1 is 0.619 bits per heavy atom. The molecule has 0 radical (unpaired) electrons. The lowest BCUT2D eigenvalue weighted by Gasteiger charge is -2.22. The van der Waals surface area contributed by atoms with Gasteiger partial charge in [-0.25, -0.2) is 9.59 Å². The van der Waals surface area contributed by atoms with E-state index in [9.17, 15) is 29.1 Å². The van der Waals surface area contributed by atoms with E-state index in [1.54, 1.807) is 51.2 Å². The normalized spacial score (nSPS) is 11.9. The van der Waals surface area contributed by atoms with Gasteiger partial charge < -0.3 is 46.1 Å². The second-order valence-electron chi connectivity index (χ2n) is 15.3. The first kappa shape index (κ1) is 46.5. The number of carbonyl (C=O) groups is 5. The molecule has 0 bridgehead atoms. The van der Waals surface area contributed by atoms with Gasteiger partial charge in [-0.3, -0.25) is 24.4 Å². The minimum absolute atomic E-state index is 0.0376. The number of rotatable bonds is 17. The molecule has 0 spiro atoms. The molecule has 2 atom stereocenters. The predicted molar refractivity (Wildman–Crippen MR) is 235 cm³/mol. The molecule has 0 aliphatic rings. The molecule has 2 aromatic heterocycles. The Balaban J connectivity index is 0.000000243. The van der Waals surface area contributed by atoms with Crippen LogP contribution in [0.1, 0.15) is 43.3 Å². The van der Waals surface area contributed by atoms with Crippen LogP contribution in [0.3, 0.4) is 0 Å². The second kappa shape index (κ2) is 22.3. The van der Waals surface area contributed by atoms with E-state index >= 15 is 0 Å². The minimum Gasteiger partial charge on any atom is -0.487 e. The summed E-state index contributed by atoms with van der Waals surface area (Å²) >= 11 is 0. The molecular weight excluding hydrogens is 809 g/mol. The molecule has 0 saturated carbocycles. The van der Waals surface area contributed by atoms with Gasteiger partial charge in [-0.05, 0) is 77.7 Å². The van der Waals surface area contributed by atoms with Crippen LogP contribution in [0.25, 0.3) is 21.5 Å². The number of alkyl carbamates (subject to hydrolysis) is 1. The van der Waals surface area contributed by atoms with Crippen molar-refractivity contribution in [2.24, 2.45) is 5.73 Å². The van der Waals surface area contributed by atoms with Crippen molar-refractivity contribution < 1.29 is 48.4 Å². The molecule has 3 amide bonds. The van der Waals surface area contributed by atoms with Gasteiger partial charge in [0.1, 0.15) is 42.4 Å². The number of carboxylic acids is 2. The molecule has 16 heteroatoms. The lowest BCUT2D eigenvalue weighted by atomic mass is 10.1. The molecule has 0 fully saturated rings. The third-order valence-electron chi connectivity index (χ3n) is 9.16. The molecule has 6 rings (SSSR count). The first-order valence-electron chi connectivity index (χ1n) is 20.0. The van der Waals surface area contributed by atoms with Gasteiger partial charge >= 0.3 is 18.0 Å². The van der Waals surface area contributed by atoms with Crippen LogP contribution in [0.4, 0.5) is 4.79 Å². The van der Waals surface area contributed by atoms with Crippen LogP contribution < -0.4 is 31.2 Å². The Labute approximate surface area is 363 Å². The van der Waals surface area contributed by atoms with Crippen molar-refractivity contribution in [1.82, 2.24) is 25.9 Å². The number of amides is 3. The number of hydrogen-bond donors (Lipinski definition) is 6. The average molecular weight is 859 g/mol. The van der Waals surface area contributed by atoms with Crippen molar-refractivity contribution in [3.8, 4) is 11.5 Å². The van der Waals surface area contributed by atoms with Gasteiger partial charge in [0.25, 0.3) is 0 Å². The number of nitrogens with two attached hydrogens (primary N) is 1. The number of fused-ring (bicyclic) bond motifs is 2. The fraction of sp³-hybridized carbons (Fsp3) is 0.255. The molecule has 16 nitrogen and oxygen atoms in total. The highest BCUT2D eigenvalue weighted by Crippen LogP contribution is 2.22. The second-order valence-corrected chi connectivity index (χ2v) is 15.3. The van der Waals surface area contributed by atoms with Crippen molar-refractivity contribution in [2.75, 3.05) is 13.1 Å². The Morgan fingerprint density at radius 2 is 1.08 bits per heavy atom. The summed E-state index contributed by atoms with van der Waals surface area (Å²) in [6.07, 6.45) is 2.22. The smallest absolute Gasteiger partial charge is 0.408 e. The quantitative estimate of drug-likeness (QED) is 0.0680. The zero-order valence-electron chi connectivity index (χ0n) is 35.1. The number of benzene rings is 4. The standard InChI is InChI=1S/C26H29N3O6.C21H21N3O4/c1-26(2,3)35-25(33)29-22(24(31)32)15-28-23(30)13-19-11-12-20(14-27-19)34-16-18-9-6-8-17-7-4-5-10-21(17)18;22-19(21(26)27)12-24-20(25)10-16-8-9-17(11-23-16)28-13-15-6-3-5-14-4-1-2-7-18(14)15/h4-12,14,22H,13,15-16H2,1-3H3,(H,28,30)(H,29,33)(H,31,32);1-9,11,19H,10,12-13,22H2,(H,24,25)(H,26,27)/t22-;19-/m00/s1. The van der Waals surface area contributed by atoms with Gasteiger partial charge in [0.2, 0.25) is 11.8 Å². The largest absolute Gasteiger partial charge is 0.487 e. The summed E-state index contributed by atoms with van der Waals surface area (Å²) < 4.78 is 16.7. The highest BCUT2D eigenvalue weighted by atomic mass is 16.6. The van der Waals surface area contributed by atoms with Crippen LogP contribution in [0.15, 0.2) is 122 Å². The fourth-order valence-corrected chi connectivity index (χ4v) is 5.99. The molecule has 7 N–H and O–H groups in total. The maximum Gasteiger partial charge on any atom is 0.408 e. The van der Waals surface area contributed by atoms with Crippen molar-refractivity contribution in [3.05, 3.63) is 144 Å². The van der Waals surface area contributed by atoms with Gasteiger partial charge in [0, 0.05) is 24.5 Å². The van der Waals surface area contributed by atoms with Crippen molar-refractivity contribution >= 4 is 51.4 Å². The molecule has 63 heavy (non-hydrogen) atoms. The average Bonchev–Trinajstić information content (AvgIpc) is 3.26. The van der Waals surface area contributed by atoms with Gasteiger partial charge in [-0.2, -0.15) is 0 Å². The van der Waals surface area contributed by atoms with Gasteiger partial charge in [0.15, 0.2) is 0 Å². The Kier molecular flexibility index (Phi) is 16.5. The summed E-state index contributed by atoms with van der Waals surface area (Å²) in [5.74, 6) is -2.06. The van der Waals surface area contributed by atoms with Crippen LogP contribution in [-0.2, 0) is 50.0 Å². The van der Waals surface area contributed by atoms with E-state index in [0.29, 0.717) is 36.1 Å². The summed E-state index contributed by atoms with van der Waals surface area (Å²) in [4.78, 5) is 66.4. The number of aromatic nitrogens is 2. The van der Waals surface area contributed by atoms with Crippen LogP contribution in [0.2, 0.25) is 0 Å². The number of aliphatic carboxylic acids is 2. The third kappa shape index (κ3) is 15.1. The number of ether oxygens (including phenoxy) is 3. The predicted octanol–water partition coefficient (Wildman–Crippen LogP) is 5.33. The van der Waals surface area contributed by atoms with E-state index < -0.39 is 41.6 Å². The minimum atomic E-state index is -1.33. The van der Waals surface area contributed by atoms with E-state index in [-0.39, 0.29) is 31.8 Å². The zero-order valence-corrected chi connectivity index (χ0v) is 35.1. The van der Waals surface area contributed by atoms with E-state index in [1.165, 1.54) is 6.20 Å². The summed E-state index contributed by atoms with van der Waals surface area (Å²) in [5, 5.41) is 29.8. The van der Waals surface area contributed by atoms with Crippen LogP contribution in [-0.4, -0.2) is 80.8 Å². The van der Waals surface area contributed by atoms with Gasteiger partial charge in [0.05, 0.1) is 25.2 Å². The van der Waals surface area contributed by atoms with Gasteiger partial charge in [-0.15, -0.1) is 0 Å². The molecule has 0 aliphatic heterocycles. The van der Waals surface area contributed by atoms with E-state index in [0.717, 1.165) is 32.7 Å². The van der Waals surface area contributed by atoms with Crippen LogP contribution in [0, 0.1) is 0 Å². The fourth-order valence-electron chi connectivity index (χ4n) is 5.99. The number of carbonyl (C=O) groups excluding carboxylic acids is 3. The maximum atomic E-state index is 12.3. The van der Waals surface area contributed by atoms with E-state index in [2.05, 4.69) is 44.1 Å². The molecule has 0 saturated heterocycles. The Hall–Kier alpha value is -7.59. The van der Waals surface area contributed by atoms with Crippen LogP contribution >= 0.6 is 0 Å². The Bertz CT molecular complexity index is 2500. The molecule has 2 heterocycles. The summed E-state index contributed by atoms with van der Waals surface area (Å²) in [6.45, 7) is 5.37. The number of nitrogens with one attached hydrogen (secondary N) is 3. The molecule has 0 unspecified atom stereocenters. The topological polar surface area (TPSA) is 241 Å². The molecule has 4 aromatic carbocycles. The van der Waals surface area contributed by atoms with Crippen LogP contribution in [0.5, 0.6) is 11.5 Å². The summed E-state index contributed by atoms with van der Waals surface area (Å²) in [5.41, 5.74) is 7.76. The van der Waals surface area contributed by atoms with Crippen molar-refractivity contribution in [2.45, 2.75) is 64.5 Å². The van der Waals surface area contributed by atoms with Crippen molar-refractivity contribution in [3.63, 3.8) is 0 Å². The molecule has 0 aliphatic carbocycles. The lowest BCUT2D eigenvalue weighted by Crippen LogP contribution is -2.49. The number of pyridine rings is 2. The summed E-state index contributed by atoms with van der Waals surface area (Å²) in [7, 11) is 0. The molecule has 328 valence electrons. The maximum absolute atomic E-state index is 12.3. The number of carboxylic acid groups (broad SMARTS) is 2. The monoisotopic (exact) mass is 858 g/mol. The summed E-state index contributed by atoms with van der Waals surface area (Å²) in [6, 6.07) is 32.7. The first-order valence-corrected chi connectivity index (χ1v) is 20.0. The third-order valence-corrected chi connectivity index (χ3v) is 9.16. The SMILES string of the molecule is CC(C)(C)OC(=O)N[C@@H](CNC(=O)Cc1ccc(OCc2cccc3ccccc23)cn1)C(=O)O.N[C@@H](CNC(=O)Cc1ccc(OCc2cccc3ccccc23)cn1)C(=O)O. The van der Waals surface area contributed by atoms with E-state index in [1.807, 2.05) is 66.7 Å². The van der Waals surface area contributed by atoms with Gasteiger partial charge in [-0.1, -0.05) is 84.9 Å². The van der Waals surface area contributed by atoms with Crippen molar-refractivity contribution in [1.29, 1.82) is 0 Å². The molecular formula is C47H50N6O10. The lowest BCUT2D eigenvalue weighted by molar-refractivity contribution is -0.140. The van der Waals surface area contributed by atoms with E-state index in [4.69, 9.17) is 25.1 Å². The highest BCUT2D eigenvalue weighted by molar-refractivity contribution is 5.87.